The van der Waals surface area contributed by atoms with Crippen molar-refractivity contribution in [2.45, 2.75) is 62.9 Å². The molecule has 1 atom stereocenters. The van der Waals surface area contributed by atoms with E-state index in [1.807, 2.05) is 36.4 Å². The van der Waals surface area contributed by atoms with Crippen molar-refractivity contribution in [1.82, 2.24) is 0 Å². The SMILES string of the molecule is CC(C)c1ccc(S(N)=O)cc1.N#Cc1ccc(OC2CCCCC2)cc1Cl. The number of halogens is 1. The van der Waals surface area contributed by atoms with Crippen molar-refractivity contribution < 1.29 is 8.95 Å². The molecule has 2 aromatic rings. The van der Waals surface area contributed by atoms with Crippen molar-refractivity contribution in [2.24, 2.45) is 5.14 Å². The average molecular weight is 419 g/mol. The third kappa shape index (κ3) is 6.94. The fourth-order valence-electron chi connectivity index (χ4n) is 3.02. The van der Waals surface area contributed by atoms with Crippen molar-refractivity contribution in [1.29, 1.82) is 5.26 Å². The zero-order valence-electron chi connectivity index (χ0n) is 16.4. The van der Waals surface area contributed by atoms with E-state index < -0.39 is 11.0 Å². The maximum absolute atomic E-state index is 10.8. The first kappa shape index (κ1) is 22.4. The zero-order chi connectivity index (χ0) is 20.5. The highest BCUT2D eigenvalue weighted by Crippen LogP contribution is 2.26. The molecule has 2 N–H and O–H groups in total. The van der Waals surface area contributed by atoms with Gasteiger partial charge in [-0.1, -0.05) is 44.0 Å². The van der Waals surface area contributed by atoms with E-state index in [0.717, 1.165) is 18.6 Å². The van der Waals surface area contributed by atoms with Crippen LogP contribution in [0.2, 0.25) is 5.02 Å². The van der Waals surface area contributed by atoms with E-state index in [2.05, 4.69) is 13.8 Å². The van der Waals surface area contributed by atoms with Crippen LogP contribution in [0.1, 0.15) is 63.0 Å². The molecule has 0 aliphatic heterocycles. The van der Waals surface area contributed by atoms with Gasteiger partial charge in [0.15, 0.2) is 0 Å². The van der Waals surface area contributed by atoms with Gasteiger partial charge in [-0.3, -0.25) is 0 Å². The van der Waals surface area contributed by atoms with Crippen molar-refractivity contribution in [3.05, 3.63) is 58.6 Å². The van der Waals surface area contributed by atoms with Crippen molar-refractivity contribution in [3.63, 3.8) is 0 Å². The Labute approximate surface area is 175 Å². The van der Waals surface area contributed by atoms with Crippen LogP contribution in [0.5, 0.6) is 5.75 Å². The molecule has 150 valence electrons. The Balaban J connectivity index is 0.000000209. The van der Waals surface area contributed by atoms with Gasteiger partial charge >= 0.3 is 0 Å². The molecule has 28 heavy (non-hydrogen) atoms. The summed E-state index contributed by atoms with van der Waals surface area (Å²) in [7, 11) is -1.35. The Morgan fingerprint density at radius 3 is 2.29 bits per heavy atom. The van der Waals surface area contributed by atoms with Crippen LogP contribution >= 0.6 is 11.6 Å². The molecular formula is C22H27ClN2O2S. The van der Waals surface area contributed by atoms with Gasteiger partial charge in [0, 0.05) is 6.07 Å². The van der Waals surface area contributed by atoms with Crippen LogP contribution in [0.3, 0.4) is 0 Å². The highest BCUT2D eigenvalue weighted by atomic mass is 35.5. The van der Waals surface area contributed by atoms with Crippen molar-refractivity contribution in [2.75, 3.05) is 0 Å². The van der Waals surface area contributed by atoms with Crippen LogP contribution in [-0.4, -0.2) is 10.3 Å². The largest absolute Gasteiger partial charge is 0.490 e. The summed E-state index contributed by atoms with van der Waals surface area (Å²) in [5, 5.41) is 14.4. The fourth-order valence-corrected chi connectivity index (χ4v) is 3.64. The number of nitrogens with two attached hydrogens (primary N) is 1. The fraction of sp³-hybridized carbons (Fsp3) is 0.409. The van der Waals surface area contributed by atoms with Crippen LogP contribution in [0, 0.1) is 11.3 Å². The predicted octanol–water partition coefficient (Wildman–Crippen LogP) is 5.71. The number of nitriles is 1. The lowest BCUT2D eigenvalue weighted by Gasteiger charge is -2.23. The lowest BCUT2D eigenvalue weighted by atomic mass is 9.98. The molecule has 6 heteroatoms. The van der Waals surface area contributed by atoms with Crippen LogP contribution in [0.4, 0.5) is 0 Å². The monoisotopic (exact) mass is 418 g/mol. The molecular weight excluding hydrogens is 392 g/mol. The predicted molar refractivity (Wildman–Crippen MR) is 115 cm³/mol. The van der Waals surface area contributed by atoms with E-state index >= 15 is 0 Å². The minimum atomic E-state index is -1.35. The molecule has 3 rings (SSSR count). The number of nitrogens with zero attached hydrogens (tertiary/aromatic N) is 1. The van der Waals surface area contributed by atoms with Gasteiger partial charge in [-0.25, -0.2) is 9.35 Å². The minimum absolute atomic E-state index is 0.317. The molecule has 1 saturated carbocycles. The number of benzene rings is 2. The number of rotatable bonds is 4. The van der Waals surface area contributed by atoms with Crippen LogP contribution in [0.25, 0.3) is 0 Å². The first-order chi connectivity index (χ1) is 13.4. The Morgan fingerprint density at radius 2 is 1.79 bits per heavy atom. The molecule has 1 fully saturated rings. The number of hydrogen-bond acceptors (Lipinski definition) is 3. The molecule has 0 heterocycles. The smallest absolute Gasteiger partial charge is 0.122 e. The van der Waals surface area contributed by atoms with Gasteiger partial charge in [0.1, 0.15) is 22.8 Å². The van der Waals surface area contributed by atoms with E-state index in [0.29, 0.717) is 27.5 Å². The molecule has 2 aromatic carbocycles. The highest BCUT2D eigenvalue weighted by molar-refractivity contribution is 7.82. The second-order valence-electron chi connectivity index (χ2n) is 7.15. The van der Waals surface area contributed by atoms with Gasteiger partial charge < -0.3 is 4.74 Å². The standard InChI is InChI=1S/C13H14ClNO.C9H13NOS/c14-13-8-12(7-6-10(13)9-15)16-11-4-2-1-3-5-11;1-7(2)8-3-5-9(6-4-8)12(10)11/h6-8,11H,1-5H2;3-7H,10H2,1-2H3. The van der Waals surface area contributed by atoms with Crippen molar-refractivity contribution >= 4 is 22.6 Å². The quantitative estimate of drug-likeness (QED) is 0.690. The van der Waals surface area contributed by atoms with Crippen molar-refractivity contribution in [3.8, 4) is 11.8 Å². The summed E-state index contributed by atoms with van der Waals surface area (Å²) in [4.78, 5) is 0.680. The second-order valence-corrected chi connectivity index (χ2v) is 8.63. The first-order valence-corrected chi connectivity index (χ1v) is 11.1. The molecule has 1 aliphatic rings. The molecule has 1 aliphatic carbocycles. The Kier molecular flexibility index (Phi) is 8.98. The molecule has 4 nitrogen and oxygen atoms in total. The molecule has 0 radical (unpaired) electrons. The topological polar surface area (TPSA) is 76.1 Å². The summed E-state index contributed by atoms with van der Waals surface area (Å²) in [5.74, 6) is 1.28. The summed E-state index contributed by atoms with van der Waals surface area (Å²) >= 11 is 5.94. The summed E-state index contributed by atoms with van der Waals surface area (Å²) < 4.78 is 16.7. The Bertz CT molecular complexity index is 825. The maximum atomic E-state index is 10.8. The number of hydrogen-bond donors (Lipinski definition) is 1. The first-order valence-electron chi connectivity index (χ1n) is 9.53. The van der Waals surface area contributed by atoms with E-state index in [1.165, 1.54) is 24.8 Å². The average Bonchev–Trinajstić information content (AvgIpc) is 2.69. The Morgan fingerprint density at radius 1 is 1.14 bits per heavy atom. The van der Waals surface area contributed by atoms with Crippen LogP contribution < -0.4 is 9.88 Å². The molecule has 0 saturated heterocycles. The molecule has 0 spiro atoms. The van der Waals surface area contributed by atoms with Gasteiger partial charge in [0.25, 0.3) is 0 Å². The molecule has 0 aromatic heterocycles. The van der Waals surface area contributed by atoms with Crippen LogP contribution in [-0.2, 0) is 11.0 Å². The summed E-state index contributed by atoms with van der Waals surface area (Å²) in [6.45, 7) is 4.24. The summed E-state index contributed by atoms with van der Waals surface area (Å²) in [6.07, 6.45) is 6.37. The lowest BCUT2D eigenvalue weighted by Crippen LogP contribution is -2.19. The van der Waals surface area contributed by atoms with E-state index in [4.69, 9.17) is 26.7 Å². The lowest BCUT2D eigenvalue weighted by molar-refractivity contribution is 0.155. The van der Waals surface area contributed by atoms with E-state index in [9.17, 15) is 4.21 Å². The van der Waals surface area contributed by atoms with Gasteiger partial charge in [-0.2, -0.15) is 5.26 Å². The van der Waals surface area contributed by atoms with E-state index in [1.54, 1.807) is 12.1 Å². The summed E-state index contributed by atoms with van der Waals surface area (Å²) in [5.41, 5.74) is 1.74. The Hall–Kier alpha value is -1.87. The molecule has 0 bridgehead atoms. The third-order valence-electron chi connectivity index (χ3n) is 4.70. The van der Waals surface area contributed by atoms with Gasteiger partial charge in [-0.05, 0) is 61.4 Å². The van der Waals surface area contributed by atoms with Gasteiger partial charge in [0.2, 0.25) is 0 Å². The van der Waals surface area contributed by atoms with Crippen LogP contribution in [0.15, 0.2) is 47.4 Å². The van der Waals surface area contributed by atoms with Gasteiger partial charge in [-0.15, -0.1) is 0 Å². The van der Waals surface area contributed by atoms with E-state index in [-0.39, 0.29) is 0 Å². The number of ether oxygens (including phenoxy) is 1. The second kappa shape index (κ2) is 11.2. The maximum Gasteiger partial charge on any atom is 0.122 e. The molecule has 1 unspecified atom stereocenters. The normalized spacial score (nSPS) is 15.3. The molecule has 0 amide bonds. The zero-order valence-corrected chi connectivity index (χ0v) is 17.9. The minimum Gasteiger partial charge on any atom is -0.490 e. The van der Waals surface area contributed by atoms with Gasteiger partial charge in [0.05, 0.1) is 21.6 Å². The third-order valence-corrected chi connectivity index (χ3v) is 5.74. The summed E-state index contributed by atoms with van der Waals surface area (Å²) in [6, 6.07) is 14.8. The highest BCUT2D eigenvalue weighted by Gasteiger charge is 2.15.